The van der Waals surface area contributed by atoms with Crippen molar-refractivity contribution in [2.75, 3.05) is 0 Å². The van der Waals surface area contributed by atoms with Crippen LogP contribution in [-0.2, 0) is 24.4 Å². The molecule has 0 aromatic carbocycles. The van der Waals surface area contributed by atoms with Gasteiger partial charge in [0.15, 0.2) is 0 Å². The highest BCUT2D eigenvalue weighted by Crippen LogP contribution is 2.06. The molecule has 0 fully saturated rings. The Kier molecular flexibility index (Phi) is 6.27. The van der Waals surface area contributed by atoms with Gasteiger partial charge in [-0.15, -0.1) is 13.2 Å². The van der Waals surface area contributed by atoms with Crippen LogP contribution in [-0.4, -0.2) is 25.1 Å². The Morgan fingerprint density at radius 1 is 1.00 bits per heavy atom. The molecule has 0 unspecified atom stereocenters. The minimum absolute atomic E-state index is 0.0584. The molecule has 0 saturated heterocycles. The molecule has 0 saturated carbocycles. The Balaban J connectivity index is 3.42. The van der Waals surface area contributed by atoms with E-state index in [1.807, 2.05) is 20.8 Å². The first-order valence-corrected chi connectivity index (χ1v) is 7.65. The van der Waals surface area contributed by atoms with Crippen LogP contribution < -0.4 is 22.4 Å². The van der Waals surface area contributed by atoms with Crippen LogP contribution in [0.2, 0.25) is 0 Å². The molecule has 8 heteroatoms. The van der Waals surface area contributed by atoms with Crippen LogP contribution in [0.15, 0.2) is 39.7 Å². The molecule has 1 heterocycles. The van der Waals surface area contributed by atoms with Gasteiger partial charge in [-0.05, 0) is 20.3 Å². The summed E-state index contributed by atoms with van der Waals surface area (Å²) >= 11 is 0. The van der Waals surface area contributed by atoms with Crippen LogP contribution in [0, 0.1) is 0 Å². The topological polar surface area (TPSA) is 95.1 Å². The molecule has 1 aromatic rings. The van der Waals surface area contributed by atoms with E-state index < -0.39 is 35.1 Å². The van der Waals surface area contributed by atoms with Gasteiger partial charge >= 0.3 is 17.1 Å². The smallest absolute Gasteiger partial charge is 0.337 e. The second-order valence-corrected chi connectivity index (χ2v) is 6.02. The van der Waals surface area contributed by atoms with Gasteiger partial charge in [0.2, 0.25) is 5.91 Å². The van der Waals surface area contributed by atoms with Crippen molar-refractivity contribution >= 4 is 5.91 Å². The van der Waals surface area contributed by atoms with E-state index in [9.17, 15) is 19.2 Å². The minimum atomic E-state index is -0.838. The Labute approximate surface area is 139 Å². The number of carbonyl (C=O) groups is 1. The summed E-state index contributed by atoms with van der Waals surface area (Å²) in [6.07, 6.45) is 3.43. The van der Waals surface area contributed by atoms with Crippen molar-refractivity contribution < 1.29 is 4.79 Å². The molecular weight excluding hydrogens is 312 g/mol. The molecule has 8 nitrogen and oxygen atoms in total. The first-order chi connectivity index (χ1) is 11.2. The van der Waals surface area contributed by atoms with Gasteiger partial charge in [0, 0.05) is 5.54 Å². The highest BCUT2D eigenvalue weighted by atomic mass is 16.2. The number of amides is 1. The zero-order valence-corrected chi connectivity index (χ0v) is 14.4. The molecule has 0 aliphatic rings. The lowest BCUT2D eigenvalue weighted by Crippen LogP contribution is -2.56. The van der Waals surface area contributed by atoms with E-state index in [2.05, 4.69) is 18.5 Å². The predicted octanol–water partition coefficient (Wildman–Crippen LogP) is -0.151. The number of nitrogens with zero attached hydrogens (tertiary/aromatic N) is 3. The molecule has 1 N–H and O–H groups in total. The second-order valence-electron chi connectivity index (χ2n) is 6.02. The Bertz CT molecular complexity index is 763. The number of hydrogen-bond acceptors (Lipinski definition) is 4. The van der Waals surface area contributed by atoms with Gasteiger partial charge in [-0.1, -0.05) is 19.1 Å². The monoisotopic (exact) mass is 336 g/mol. The molecule has 0 radical (unpaired) electrons. The van der Waals surface area contributed by atoms with Gasteiger partial charge in [0.25, 0.3) is 0 Å². The Morgan fingerprint density at radius 2 is 1.42 bits per heavy atom. The lowest BCUT2D eigenvalue weighted by Gasteiger charge is -2.24. The zero-order chi connectivity index (χ0) is 18.5. The fraction of sp³-hybridized carbons (Fsp3) is 0.500. The summed E-state index contributed by atoms with van der Waals surface area (Å²) in [5, 5.41) is 2.75. The van der Waals surface area contributed by atoms with Crippen LogP contribution in [0.1, 0.15) is 27.2 Å². The average Bonchev–Trinajstić information content (AvgIpc) is 2.52. The number of allylic oxidation sites excluding steroid dienone is 2. The van der Waals surface area contributed by atoms with E-state index >= 15 is 0 Å². The van der Waals surface area contributed by atoms with Gasteiger partial charge < -0.3 is 5.32 Å². The standard InChI is InChI=1S/C16H24N4O4/c1-6-9-18-13(22)19(10-7-2)15(24)20(14(18)23)11-12(21)17-16(4,5)8-3/h6-7H,1-2,8-11H2,3-5H3,(H,17,21). The van der Waals surface area contributed by atoms with Crippen molar-refractivity contribution in [3.8, 4) is 0 Å². The van der Waals surface area contributed by atoms with Crippen molar-refractivity contribution in [2.24, 2.45) is 0 Å². The van der Waals surface area contributed by atoms with E-state index in [0.717, 1.165) is 13.7 Å². The average molecular weight is 336 g/mol. The summed E-state index contributed by atoms with van der Waals surface area (Å²) in [7, 11) is 0. The first kappa shape index (κ1) is 19.4. The summed E-state index contributed by atoms with van der Waals surface area (Å²) in [5.41, 5.74) is -2.89. The number of carbonyl (C=O) groups excluding carboxylic acids is 1. The van der Waals surface area contributed by atoms with Gasteiger partial charge in [0.1, 0.15) is 6.54 Å². The predicted molar refractivity (Wildman–Crippen MR) is 92.1 cm³/mol. The molecule has 0 bridgehead atoms. The summed E-state index contributed by atoms with van der Waals surface area (Å²) in [6.45, 7) is 12.0. The molecule has 1 rings (SSSR count). The van der Waals surface area contributed by atoms with Crippen LogP contribution in [0.4, 0.5) is 0 Å². The highest BCUT2D eigenvalue weighted by molar-refractivity contribution is 5.76. The number of hydrogen-bond donors (Lipinski definition) is 1. The van der Waals surface area contributed by atoms with Gasteiger partial charge in [-0.2, -0.15) is 0 Å². The Hall–Kier alpha value is -2.64. The number of rotatable bonds is 8. The second kappa shape index (κ2) is 7.76. The minimum Gasteiger partial charge on any atom is -0.350 e. The van der Waals surface area contributed by atoms with Crippen molar-refractivity contribution in [1.82, 2.24) is 19.0 Å². The largest absolute Gasteiger partial charge is 0.350 e. The Morgan fingerprint density at radius 3 is 1.79 bits per heavy atom. The molecule has 1 aromatic heterocycles. The SMILES string of the molecule is C=CCn1c(=O)n(CC=C)c(=O)n(CC(=O)NC(C)(C)CC)c1=O. The lowest BCUT2D eigenvalue weighted by atomic mass is 10.0. The summed E-state index contributed by atoms with van der Waals surface area (Å²) in [5.74, 6) is -0.477. The zero-order valence-electron chi connectivity index (χ0n) is 14.4. The molecular formula is C16H24N4O4. The summed E-state index contributed by atoms with van der Waals surface area (Å²) < 4.78 is 2.46. The van der Waals surface area contributed by atoms with Crippen LogP contribution in [0.3, 0.4) is 0 Å². The van der Waals surface area contributed by atoms with Crippen LogP contribution >= 0.6 is 0 Å². The third-order valence-electron chi connectivity index (χ3n) is 3.67. The van der Waals surface area contributed by atoms with Gasteiger partial charge in [0.05, 0.1) is 13.1 Å². The third-order valence-corrected chi connectivity index (χ3v) is 3.67. The van der Waals surface area contributed by atoms with E-state index in [0.29, 0.717) is 6.42 Å². The van der Waals surface area contributed by atoms with Crippen molar-refractivity contribution in [2.45, 2.75) is 52.4 Å². The lowest BCUT2D eigenvalue weighted by molar-refractivity contribution is -0.123. The van der Waals surface area contributed by atoms with E-state index in [1.54, 1.807) is 0 Å². The van der Waals surface area contributed by atoms with Gasteiger partial charge in [-0.25, -0.2) is 28.1 Å². The first-order valence-electron chi connectivity index (χ1n) is 7.65. The van der Waals surface area contributed by atoms with E-state index in [-0.39, 0.29) is 13.1 Å². The molecule has 132 valence electrons. The van der Waals surface area contributed by atoms with Crippen molar-refractivity contribution in [1.29, 1.82) is 0 Å². The maximum absolute atomic E-state index is 12.4. The molecule has 1 amide bonds. The van der Waals surface area contributed by atoms with Crippen LogP contribution in [0.5, 0.6) is 0 Å². The molecule has 0 aliphatic heterocycles. The molecule has 0 spiro atoms. The summed E-state index contributed by atoms with van der Waals surface area (Å²) in [4.78, 5) is 49.2. The maximum atomic E-state index is 12.4. The van der Waals surface area contributed by atoms with E-state index in [1.165, 1.54) is 12.2 Å². The molecule has 0 aliphatic carbocycles. The van der Waals surface area contributed by atoms with Crippen molar-refractivity contribution in [3.63, 3.8) is 0 Å². The quantitative estimate of drug-likeness (QED) is 0.668. The maximum Gasteiger partial charge on any atom is 0.337 e. The fourth-order valence-corrected chi connectivity index (χ4v) is 2.04. The van der Waals surface area contributed by atoms with E-state index in [4.69, 9.17) is 0 Å². The summed E-state index contributed by atoms with van der Waals surface area (Å²) in [6, 6.07) is 0. The molecule has 0 atom stereocenters. The number of aromatic nitrogens is 3. The third kappa shape index (κ3) is 4.21. The normalized spacial score (nSPS) is 11.1. The van der Waals surface area contributed by atoms with Crippen LogP contribution in [0.25, 0.3) is 0 Å². The van der Waals surface area contributed by atoms with Crippen molar-refractivity contribution in [3.05, 3.63) is 56.8 Å². The fourth-order valence-electron chi connectivity index (χ4n) is 2.04. The van der Waals surface area contributed by atoms with Gasteiger partial charge in [-0.3, -0.25) is 4.79 Å². The highest BCUT2D eigenvalue weighted by Gasteiger charge is 2.21. The molecule has 24 heavy (non-hydrogen) atoms. The number of nitrogens with one attached hydrogen (secondary N) is 1.